The fourth-order valence-corrected chi connectivity index (χ4v) is 3.31. The topological polar surface area (TPSA) is 76.1 Å². The van der Waals surface area contributed by atoms with E-state index >= 15 is 0 Å². The van der Waals surface area contributed by atoms with Crippen molar-refractivity contribution < 1.29 is 24.2 Å². The minimum atomic E-state index is -0.936. The van der Waals surface area contributed by atoms with Crippen molar-refractivity contribution in [3.05, 3.63) is 59.1 Å². The van der Waals surface area contributed by atoms with E-state index in [2.05, 4.69) is 0 Å². The van der Waals surface area contributed by atoms with E-state index in [1.54, 1.807) is 60.5 Å². The van der Waals surface area contributed by atoms with E-state index < -0.39 is 5.97 Å². The highest BCUT2D eigenvalue weighted by Crippen LogP contribution is 2.27. The lowest BCUT2D eigenvalue weighted by molar-refractivity contribution is -0.137. The number of ether oxygens (including phenoxy) is 2. The molecule has 1 fully saturated rings. The molecule has 0 bridgehead atoms. The average Bonchev–Trinajstić information content (AvgIpc) is 3.05. The van der Waals surface area contributed by atoms with Crippen molar-refractivity contribution in [2.45, 2.75) is 25.0 Å². The number of benzene rings is 2. The lowest BCUT2D eigenvalue weighted by Gasteiger charge is -2.23. The molecule has 1 aliphatic heterocycles. The maximum absolute atomic E-state index is 13.0. The predicted octanol–water partition coefficient (Wildman–Crippen LogP) is 3.84. The summed E-state index contributed by atoms with van der Waals surface area (Å²) in [5.41, 5.74) is 0.439. The molecule has 1 heterocycles. The Morgan fingerprint density at radius 3 is 2.59 bits per heavy atom. The molecule has 0 radical (unpaired) electrons. The summed E-state index contributed by atoms with van der Waals surface area (Å²) in [6.07, 6.45) is 0.244. The van der Waals surface area contributed by atoms with Crippen LogP contribution in [0.4, 0.5) is 0 Å². The Morgan fingerprint density at radius 2 is 1.93 bits per heavy atom. The van der Waals surface area contributed by atoms with E-state index in [-0.39, 0.29) is 24.5 Å². The van der Waals surface area contributed by atoms with Gasteiger partial charge >= 0.3 is 5.97 Å². The number of amides is 1. The molecule has 1 N–H and O–H groups in total. The van der Waals surface area contributed by atoms with Gasteiger partial charge in [0.1, 0.15) is 11.5 Å². The van der Waals surface area contributed by atoms with E-state index in [4.69, 9.17) is 26.2 Å². The number of aliphatic carboxylic acids is 1. The molecule has 2 aromatic rings. The quantitative estimate of drug-likeness (QED) is 0.812. The first-order valence-electron chi connectivity index (χ1n) is 8.55. The van der Waals surface area contributed by atoms with Gasteiger partial charge < -0.3 is 19.5 Å². The van der Waals surface area contributed by atoms with Crippen LogP contribution >= 0.6 is 11.6 Å². The average molecular weight is 390 g/mol. The van der Waals surface area contributed by atoms with Crippen LogP contribution in [-0.2, 0) is 9.53 Å². The van der Waals surface area contributed by atoms with Crippen LogP contribution in [0.2, 0.25) is 5.02 Å². The molecule has 2 aromatic carbocycles. The van der Waals surface area contributed by atoms with Crippen molar-refractivity contribution in [2.75, 3.05) is 13.7 Å². The van der Waals surface area contributed by atoms with Gasteiger partial charge in [-0.25, -0.2) is 0 Å². The summed E-state index contributed by atoms with van der Waals surface area (Å²) in [7, 11) is 1.57. The number of nitrogens with zero attached hydrogens (tertiary/aromatic N) is 1. The largest absolute Gasteiger partial charge is 0.481 e. The third-order valence-electron chi connectivity index (χ3n) is 4.51. The van der Waals surface area contributed by atoms with Gasteiger partial charge in [0.05, 0.1) is 12.5 Å². The van der Waals surface area contributed by atoms with Crippen LogP contribution in [0, 0.1) is 0 Å². The molecule has 2 unspecified atom stereocenters. The molecule has 1 amide bonds. The number of methoxy groups -OCH3 is 1. The number of likely N-dealkylation sites (tertiary alicyclic amines) is 1. The van der Waals surface area contributed by atoms with Gasteiger partial charge in [0.2, 0.25) is 0 Å². The SMILES string of the molecule is COC1CC(CC(=O)O)N(C(=O)c2cccc(Oc3ccc(Cl)cc3)c2)C1. The van der Waals surface area contributed by atoms with E-state index in [1.807, 2.05) is 0 Å². The molecular formula is C20H20ClNO5. The number of hydrogen-bond donors (Lipinski definition) is 1. The summed E-state index contributed by atoms with van der Waals surface area (Å²) in [5.74, 6) is -0.0504. The molecule has 6 nitrogen and oxygen atoms in total. The zero-order valence-electron chi connectivity index (χ0n) is 14.8. The maximum atomic E-state index is 13.0. The fraction of sp³-hybridized carbons (Fsp3) is 0.300. The van der Waals surface area contributed by atoms with Crippen LogP contribution in [0.25, 0.3) is 0 Å². The summed E-state index contributed by atoms with van der Waals surface area (Å²) >= 11 is 5.87. The summed E-state index contributed by atoms with van der Waals surface area (Å²) in [6, 6.07) is 13.4. The minimum Gasteiger partial charge on any atom is -0.481 e. The minimum absolute atomic E-state index is 0.105. The van der Waals surface area contributed by atoms with Crippen LogP contribution in [0.5, 0.6) is 11.5 Å². The predicted molar refractivity (Wildman–Crippen MR) is 100 cm³/mol. The van der Waals surface area contributed by atoms with Crippen molar-refractivity contribution in [1.29, 1.82) is 0 Å². The molecular weight excluding hydrogens is 370 g/mol. The molecule has 0 saturated carbocycles. The standard InChI is InChI=1S/C20H20ClNO5/c1-26-18-10-15(11-19(23)24)22(12-18)20(25)13-3-2-4-17(9-13)27-16-7-5-14(21)6-8-16/h2-9,15,18H,10-12H2,1H3,(H,23,24). The van der Waals surface area contributed by atoms with Gasteiger partial charge in [-0.3, -0.25) is 9.59 Å². The molecule has 27 heavy (non-hydrogen) atoms. The number of hydrogen-bond acceptors (Lipinski definition) is 4. The number of carbonyl (C=O) groups is 2. The van der Waals surface area contributed by atoms with Crippen LogP contribution in [0.1, 0.15) is 23.2 Å². The number of carboxylic acid groups (broad SMARTS) is 1. The lowest BCUT2D eigenvalue weighted by atomic mass is 10.1. The normalized spacial score (nSPS) is 19.1. The van der Waals surface area contributed by atoms with Gasteiger partial charge in [0, 0.05) is 30.3 Å². The lowest BCUT2D eigenvalue weighted by Crippen LogP contribution is -2.37. The first kappa shape index (κ1) is 19.2. The Hall–Kier alpha value is -2.57. The Labute approximate surface area is 162 Å². The highest BCUT2D eigenvalue weighted by molar-refractivity contribution is 6.30. The second-order valence-electron chi connectivity index (χ2n) is 6.39. The van der Waals surface area contributed by atoms with Crippen molar-refractivity contribution in [3.8, 4) is 11.5 Å². The Bertz CT molecular complexity index is 823. The Balaban J connectivity index is 1.77. The number of carboxylic acids is 1. The summed E-state index contributed by atoms with van der Waals surface area (Å²) < 4.78 is 11.1. The highest BCUT2D eigenvalue weighted by atomic mass is 35.5. The van der Waals surface area contributed by atoms with Crippen molar-refractivity contribution in [3.63, 3.8) is 0 Å². The van der Waals surface area contributed by atoms with E-state index in [0.717, 1.165) is 0 Å². The van der Waals surface area contributed by atoms with Gasteiger partial charge in [-0.1, -0.05) is 17.7 Å². The van der Waals surface area contributed by atoms with Crippen LogP contribution < -0.4 is 4.74 Å². The zero-order valence-corrected chi connectivity index (χ0v) is 15.6. The van der Waals surface area contributed by atoms with Gasteiger partial charge in [-0.05, 0) is 48.9 Å². The molecule has 2 atom stereocenters. The number of halogens is 1. The molecule has 1 aliphatic rings. The molecule has 0 spiro atoms. The van der Waals surface area contributed by atoms with Gasteiger partial charge in [-0.2, -0.15) is 0 Å². The highest BCUT2D eigenvalue weighted by Gasteiger charge is 2.37. The van der Waals surface area contributed by atoms with E-state index in [9.17, 15) is 9.59 Å². The summed E-state index contributed by atoms with van der Waals surface area (Å²) in [5, 5.41) is 9.73. The van der Waals surface area contributed by atoms with Gasteiger partial charge in [0.15, 0.2) is 0 Å². The van der Waals surface area contributed by atoms with Crippen molar-refractivity contribution in [1.82, 2.24) is 4.90 Å². The summed E-state index contributed by atoms with van der Waals surface area (Å²) in [4.78, 5) is 25.7. The van der Waals surface area contributed by atoms with E-state index in [1.165, 1.54) is 0 Å². The molecule has 0 aliphatic carbocycles. The third-order valence-corrected chi connectivity index (χ3v) is 4.76. The Morgan fingerprint density at radius 1 is 1.19 bits per heavy atom. The Kier molecular flexibility index (Phi) is 5.98. The maximum Gasteiger partial charge on any atom is 0.305 e. The van der Waals surface area contributed by atoms with Crippen molar-refractivity contribution >= 4 is 23.5 Å². The zero-order chi connectivity index (χ0) is 19.4. The van der Waals surface area contributed by atoms with Crippen molar-refractivity contribution in [2.24, 2.45) is 0 Å². The first-order valence-corrected chi connectivity index (χ1v) is 8.93. The molecule has 1 saturated heterocycles. The number of carbonyl (C=O) groups excluding carboxylic acids is 1. The second kappa shape index (κ2) is 8.41. The first-order chi connectivity index (χ1) is 13.0. The molecule has 3 rings (SSSR count). The van der Waals surface area contributed by atoms with Crippen LogP contribution in [-0.4, -0.2) is 47.7 Å². The second-order valence-corrected chi connectivity index (χ2v) is 6.82. The third kappa shape index (κ3) is 4.78. The molecule has 7 heteroatoms. The smallest absolute Gasteiger partial charge is 0.305 e. The monoisotopic (exact) mass is 389 g/mol. The van der Waals surface area contributed by atoms with Gasteiger partial charge in [0.25, 0.3) is 5.91 Å². The fourth-order valence-electron chi connectivity index (χ4n) is 3.19. The van der Waals surface area contributed by atoms with Gasteiger partial charge in [-0.15, -0.1) is 0 Å². The van der Waals surface area contributed by atoms with Crippen LogP contribution in [0.15, 0.2) is 48.5 Å². The summed E-state index contributed by atoms with van der Waals surface area (Å²) in [6.45, 7) is 0.371. The molecule has 142 valence electrons. The number of rotatable bonds is 6. The van der Waals surface area contributed by atoms with E-state index in [0.29, 0.717) is 35.1 Å². The van der Waals surface area contributed by atoms with Crippen LogP contribution in [0.3, 0.4) is 0 Å². The molecule has 0 aromatic heterocycles.